The van der Waals surface area contributed by atoms with Crippen molar-refractivity contribution < 1.29 is 13.2 Å². The normalized spacial score (nSPS) is 16.7. The zero-order chi connectivity index (χ0) is 19.0. The number of rotatable bonds is 4. The number of carbonyl (C=O) groups is 1. The van der Waals surface area contributed by atoms with Crippen LogP contribution >= 0.6 is 11.3 Å². The molecule has 1 atom stereocenters. The van der Waals surface area contributed by atoms with Crippen molar-refractivity contribution in [2.24, 2.45) is 0 Å². The fourth-order valence-corrected chi connectivity index (χ4v) is 4.71. The molecule has 0 bridgehead atoms. The first-order valence-corrected chi connectivity index (χ1v) is 10.6. The van der Waals surface area contributed by atoms with Crippen LogP contribution in [0.1, 0.15) is 27.0 Å². The number of nitrogens with zero attached hydrogens (tertiary/aromatic N) is 1. The number of thiophene rings is 1. The Labute approximate surface area is 161 Å². The molecule has 2 aromatic carbocycles. The Morgan fingerprint density at radius 1 is 1.04 bits per heavy atom. The number of hydrazine groups is 1. The van der Waals surface area contributed by atoms with Gasteiger partial charge >= 0.3 is 0 Å². The zero-order valence-corrected chi connectivity index (χ0v) is 16.0. The minimum absolute atomic E-state index is 0.102. The van der Waals surface area contributed by atoms with Crippen LogP contribution in [0.5, 0.6) is 0 Å². The first-order chi connectivity index (χ1) is 13.0. The molecule has 2 heterocycles. The molecular weight excluding hydrogens is 382 g/mol. The Kier molecular flexibility index (Phi) is 4.47. The second-order valence-corrected chi connectivity index (χ2v) is 8.83. The largest absolute Gasteiger partial charge is 0.359 e. The van der Waals surface area contributed by atoms with Crippen LogP contribution in [-0.2, 0) is 10.0 Å². The van der Waals surface area contributed by atoms with E-state index in [4.69, 9.17) is 0 Å². The van der Waals surface area contributed by atoms with Gasteiger partial charge in [-0.3, -0.25) is 4.79 Å². The molecule has 1 aromatic heterocycles. The molecule has 0 fully saturated rings. The summed E-state index contributed by atoms with van der Waals surface area (Å²) in [5, 5.41) is 6.28. The van der Waals surface area contributed by atoms with Crippen LogP contribution in [0.4, 0.5) is 5.69 Å². The van der Waals surface area contributed by atoms with Gasteiger partial charge in [0.25, 0.3) is 15.9 Å². The number of hydrogen-bond donors (Lipinski definition) is 2. The molecule has 3 aromatic rings. The Bertz CT molecular complexity index is 1080. The zero-order valence-electron chi connectivity index (χ0n) is 14.4. The Morgan fingerprint density at radius 2 is 1.78 bits per heavy atom. The molecule has 6 nitrogen and oxygen atoms in total. The summed E-state index contributed by atoms with van der Waals surface area (Å²) in [4.78, 5) is 16.4. The van der Waals surface area contributed by atoms with Gasteiger partial charge in [-0.25, -0.2) is 13.4 Å². The third-order valence-corrected chi connectivity index (χ3v) is 6.54. The minimum Gasteiger partial charge on any atom is -0.359 e. The molecule has 1 amide bonds. The van der Waals surface area contributed by atoms with Crippen LogP contribution in [0.15, 0.2) is 70.9 Å². The number of nitrogens with one attached hydrogen (secondary N) is 2. The van der Waals surface area contributed by atoms with E-state index in [0.29, 0.717) is 11.3 Å². The fraction of sp³-hybridized carbons (Fsp3) is 0.105. The van der Waals surface area contributed by atoms with Crippen LogP contribution in [0.3, 0.4) is 0 Å². The third kappa shape index (κ3) is 3.34. The predicted molar refractivity (Wildman–Crippen MR) is 105 cm³/mol. The molecule has 0 spiro atoms. The van der Waals surface area contributed by atoms with E-state index in [-0.39, 0.29) is 4.90 Å². The maximum Gasteiger partial charge on any atom is 0.273 e. The highest BCUT2D eigenvalue weighted by atomic mass is 32.2. The first-order valence-electron chi connectivity index (χ1n) is 8.27. The molecule has 1 aliphatic heterocycles. The van der Waals surface area contributed by atoms with Crippen LogP contribution in [0.25, 0.3) is 0 Å². The lowest BCUT2D eigenvalue weighted by molar-refractivity contribution is 0.0636. The number of sulfonamides is 1. The van der Waals surface area contributed by atoms with Gasteiger partial charge in [0.15, 0.2) is 6.17 Å². The topological polar surface area (TPSA) is 78.5 Å². The van der Waals surface area contributed by atoms with E-state index in [2.05, 4.69) is 10.1 Å². The highest BCUT2D eigenvalue weighted by Gasteiger charge is 2.36. The van der Waals surface area contributed by atoms with E-state index in [9.17, 15) is 13.2 Å². The Morgan fingerprint density at radius 3 is 2.48 bits per heavy atom. The number of amides is 1. The summed E-state index contributed by atoms with van der Waals surface area (Å²) in [6.07, 6.45) is -0.632. The summed E-state index contributed by atoms with van der Waals surface area (Å²) in [6, 6.07) is 17.3. The molecule has 138 valence electrons. The standard InChI is InChI=1S/C19H17N3O3S2/c1-13-8-10-14(11-9-13)27(24,25)21-22-18(17-7-4-12-26-17)20-16-6-3-2-5-15(16)19(22)23/h2-12,18,20-21H,1H3. The molecule has 4 rings (SSSR count). The molecular formula is C19H17N3O3S2. The van der Waals surface area contributed by atoms with Crippen molar-refractivity contribution in [3.63, 3.8) is 0 Å². The van der Waals surface area contributed by atoms with Crippen LogP contribution in [0, 0.1) is 6.92 Å². The van der Waals surface area contributed by atoms with E-state index in [0.717, 1.165) is 15.4 Å². The summed E-state index contributed by atoms with van der Waals surface area (Å²) < 4.78 is 25.7. The predicted octanol–water partition coefficient (Wildman–Crippen LogP) is 3.52. The molecule has 1 aliphatic rings. The van der Waals surface area contributed by atoms with Gasteiger partial charge in [0, 0.05) is 10.6 Å². The van der Waals surface area contributed by atoms with E-state index >= 15 is 0 Å². The van der Waals surface area contributed by atoms with Gasteiger partial charge in [0.2, 0.25) is 0 Å². The average molecular weight is 399 g/mol. The van der Waals surface area contributed by atoms with Gasteiger partial charge in [0.05, 0.1) is 10.5 Å². The summed E-state index contributed by atoms with van der Waals surface area (Å²) in [5.41, 5.74) is 2.04. The van der Waals surface area contributed by atoms with Gasteiger partial charge in [-0.05, 0) is 42.6 Å². The van der Waals surface area contributed by atoms with Crippen molar-refractivity contribution in [1.82, 2.24) is 9.84 Å². The Hall–Kier alpha value is -2.68. The first kappa shape index (κ1) is 17.7. The molecule has 2 N–H and O–H groups in total. The number of para-hydroxylation sites is 1. The molecule has 1 unspecified atom stereocenters. The number of benzene rings is 2. The van der Waals surface area contributed by atoms with Crippen molar-refractivity contribution in [3.8, 4) is 0 Å². The summed E-state index contributed by atoms with van der Waals surface area (Å²) in [6.45, 7) is 1.88. The smallest absolute Gasteiger partial charge is 0.273 e. The maximum atomic E-state index is 13.0. The molecule has 0 saturated heterocycles. The number of carbonyl (C=O) groups excluding carboxylic acids is 1. The number of aryl methyl sites for hydroxylation is 1. The highest BCUT2D eigenvalue weighted by molar-refractivity contribution is 7.89. The lowest BCUT2D eigenvalue weighted by Gasteiger charge is -2.36. The second kappa shape index (κ2) is 6.80. The summed E-state index contributed by atoms with van der Waals surface area (Å²) in [5.74, 6) is -0.404. The quantitative estimate of drug-likeness (QED) is 0.704. The maximum absolute atomic E-state index is 13.0. The lowest BCUT2D eigenvalue weighted by Crippen LogP contribution is -2.52. The monoisotopic (exact) mass is 399 g/mol. The van der Waals surface area contributed by atoms with Gasteiger partial charge in [-0.1, -0.05) is 35.9 Å². The van der Waals surface area contributed by atoms with E-state index < -0.39 is 22.1 Å². The summed E-state index contributed by atoms with van der Waals surface area (Å²) in [7, 11) is -3.92. The van der Waals surface area contributed by atoms with Crippen molar-refractivity contribution in [3.05, 3.63) is 82.0 Å². The number of hydrogen-bond acceptors (Lipinski definition) is 5. The van der Waals surface area contributed by atoms with Crippen LogP contribution in [0.2, 0.25) is 0 Å². The van der Waals surface area contributed by atoms with Crippen molar-refractivity contribution in [1.29, 1.82) is 0 Å². The van der Waals surface area contributed by atoms with E-state index in [1.54, 1.807) is 30.3 Å². The van der Waals surface area contributed by atoms with Gasteiger partial charge in [-0.2, -0.15) is 0 Å². The van der Waals surface area contributed by atoms with Crippen molar-refractivity contribution in [2.45, 2.75) is 18.0 Å². The highest BCUT2D eigenvalue weighted by Crippen LogP contribution is 2.34. The summed E-state index contributed by atoms with van der Waals surface area (Å²) >= 11 is 1.44. The molecule has 27 heavy (non-hydrogen) atoms. The molecule has 0 aliphatic carbocycles. The molecule has 8 heteroatoms. The van der Waals surface area contributed by atoms with Gasteiger partial charge in [-0.15, -0.1) is 16.2 Å². The lowest BCUT2D eigenvalue weighted by atomic mass is 10.1. The number of fused-ring (bicyclic) bond motifs is 1. The van der Waals surface area contributed by atoms with Crippen LogP contribution in [-0.4, -0.2) is 19.3 Å². The minimum atomic E-state index is -3.92. The van der Waals surface area contributed by atoms with E-state index in [1.165, 1.54) is 23.5 Å². The fourth-order valence-electron chi connectivity index (χ4n) is 2.89. The van der Waals surface area contributed by atoms with Gasteiger partial charge in [0.1, 0.15) is 0 Å². The van der Waals surface area contributed by atoms with E-state index in [1.807, 2.05) is 30.5 Å². The SMILES string of the molecule is Cc1ccc(S(=O)(=O)NN2C(=O)c3ccccc3NC2c2cccs2)cc1. The van der Waals surface area contributed by atoms with Crippen LogP contribution < -0.4 is 10.1 Å². The average Bonchev–Trinajstić information content (AvgIpc) is 3.19. The number of anilines is 1. The Balaban J connectivity index is 1.74. The van der Waals surface area contributed by atoms with Crippen molar-refractivity contribution in [2.75, 3.05) is 5.32 Å². The third-order valence-electron chi connectivity index (χ3n) is 4.29. The second-order valence-electron chi connectivity index (χ2n) is 6.19. The molecule has 0 saturated carbocycles. The van der Waals surface area contributed by atoms with Gasteiger partial charge < -0.3 is 5.32 Å². The molecule has 0 radical (unpaired) electrons. The van der Waals surface area contributed by atoms with Crippen molar-refractivity contribution >= 4 is 33.0 Å².